The highest BCUT2D eigenvalue weighted by Crippen LogP contribution is 2.45. The summed E-state index contributed by atoms with van der Waals surface area (Å²) in [6, 6.07) is 5.20. The van der Waals surface area contributed by atoms with E-state index in [1.165, 1.54) is 18.2 Å². The average Bonchev–Trinajstić information content (AvgIpc) is 2.32. The van der Waals surface area contributed by atoms with E-state index >= 15 is 0 Å². The molecule has 7 heteroatoms. The molecule has 116 valence electrons. The molecule has 1 aromatic carbocycles. The zero-order valence-electron chi connectivity index (χ0n) is 11.5. The van der Waals surface area contributed by atoms with Crippen LogP contribution >= 0.6 is 0 Å². The molecule has 1 aliphatic carbocycles. The predicted molar refractivity (Wildman–Crippen MR) is 71.6 cm³/mol. The van der Waals surface area contributed by atoms with Crippen molar-refractivity contribution >= 4 is 11.6 Å². The molecule has 2 rings (SSSR count). The van der Waals surface area contributed by atoms with Crippen LogP contribution in [0.2, 0.25) is 0 Å². The number of carbonyl (C=O) groups is 1. The number of ether oxygens (including phenoxy) is 1. The molecule has 1 saturated carbocycles. The first kappa shape index (κ1) is 15.6. The van der Waals surface area contributed by atoms with Crippen LogP contribution in [0.3, 0.4) is 0 Å². The van der Waals surface area contributed by atoms with Gasteiger partial charge in [-0.05, 0) is 30.9 Å². The third-order valence-electron chi connectivity index (χ3n) is 3.68. The van der Waals surface area contributed by atoms with Gasteiger partial charge in [0.25, 0.3) is 0 Å². The summed E-state index contributed by atoms with van der Waals surface area (Å²) in [6.45, 7) is 2.25. The normalized spacial score (nSPS) is 25.1. The van der Waals surface area contributed by atoms with E-state index in [1.54, 1.807) is 0 Å². The summed E-state index contributed by atoms with van der Waals surface area (Å²) in [6.07, 6.45) is -3.38. The highest BCUT2D eigenvalue weighted by molar-refractivity contribution is 5.96. The van der Waals surface area contributed by atoms with Crippen LogP contribution in [-0.2, 0) is 4.79 Å². The Morgan fingerprint density at radius 2 is 2.14 bits per heavy atom. The number of nitrogens with one attached hydrogen (secondary N) is 1. The van der Waals surface area contributed by atoms with Gasteiger partial charge in [0.2, 0.25) is 5.91 Å². The second-order valence-electron chi connectivity index (χ2n) is 5.53. The molecule has 1 fully saturated rings. The maximum absolute atomic E-state index is 12.2. The molecule has 0 unspecified atom stereocenters. The van der Waals surface area contributed by atoms with E-state index in [2.05, 4.69) is 10.1 Å². The van der Waals surface area contributed by atoms with Crippen LogP contribution in [0.1, 0.15) is 19.8 Å². The summed E-state index contributed by atoms with van der Waals surface area (Å²) in [4.78, 5) is 12.2. The number of hydrogen-bond acceptors (Lipinski definition) is 3. The van der Waals surface area contributed by atoms with Gasteiger partial charge in [-0.3, -0.25) is 4.79 Å². The summed E-state index contributed by atoms with van der Waals surface area (Å²) in [5.41, 5.74) is 5.31. The van der Waals surface area contributed by atoms with E-state index in [4.69, 9.17) is 5.73 Å². The fraction of sp³-hybridized carbons (Fsp3) is 0.500. The van der Waals surface area contributed by atoms with Gasteiger partial charge in [-0.25, -0.2) is 0 Å². The molecule has 4 nitrogen and oxygen atoms in total. The lowest BCUT2D eigenvalue weighted by Crippen LogP contribution is -2.51. The fourth-order valence-corrected chi connectivity index (χ4v) is 2.75. The maximum Gasteiger partial charge on any atom is 0.573 e. The quantitative estimate of drug-likeness (QED) is 0.899. The highest BCUT2D eigenvalue weighted by atomic mass is 19.4. The van der Waals surface area contributed by atoms with Crippen molar-refractivity contribution in [2.75, 3.05) is 11.9 Å². The number of carbonyl (C=O) groups excluding carboxylic acids is 1. The van der Waals surface area contributed by atoms with Crippen LogP contribution in [-0.4, -0.2) is 18.8 Å². The minimum absolute atomic E-state index is 0.224. The van der Waals surface area contributed by atoms with E-state index in [-0.39, 0.29) is 23.9 Å². The monoisotopic (exact) mass is 302 g/mol. The first-order chi connectivity index (χ1) is 9.74. The first-order valence-corrected chi connectivity index (χ1v) is 6.61. The van der Waals surface area contributed by atoms with Crippen molar-refractivity contribution in [1.82, 2.24) is 0 Å². The van der Waals surface area contributed by atoms with Crippen molar-refractivity contribution in [3.05, 3.63) is 24.3 Å². The average molecular weight is 302 g/mol. The Morgan fingerprint density at radius 1 is 1.48 bits per heavy atom. The Kier molecular flexibility index (Phi) is 4.13. The molecule has 1 aromatic rings. The lowest BCUT2D eigenvalue weighted by molar-refractivity contribution is -0.274. The molecule has 0 aromatic heterocycles. The van der Waals surface area contributed by atoms with E-state index in [1.807, 2.05) is 6.92 Å². The van der Waals surface area contributed by atoms with Crippen LogP contribution in [0.15, 0.2) is 24.3 Å². The van der Waals surface area contributed by atoms with Crippen LogP contribution in [0, 0.1) is 11.3 Å². The molecule has 0 atom stereocenters. The second kappa shape index (κ2) is 5.55. The Morgan fingerprint density at radius 3 is 2.67 bits per heavy atom. The summed E-state index contributed by atoms with van der Waals surface area (Å²) in [5, 5.41) is 2.62. The predicted octanol–water partition coefficient (Wildman–Crippen LogP) is 2.90. The molecule has 1 aliphatic rings. The molecule has 0 radical (unpaired) electrons. The van der Waals surface area contributed by atoms with Crippen molar-refractivity contribution in [2.24, 2.45) is 17.1 Å². The Hall–Kier alpha value is -1.76. The third kappa shape index (κ3) is 3.66. The SMILES string of the molecule is CC1CC(CN)(C(=O)Nc2cccc(OC(F)(F)F)c2)C1. The number of nitrogens with two attached hydrogens (primary N) is 1. The van der Waals surface area contributed by atoms with Crippen molar-refractivity contribution in [3.8, 4) is 5.75 Å². The van der Waals surface area contributed by atoms with E-state index in [0.717, 1.165) is 6.07 Å². The number of rotatable bonds is 4. The number of alkyl halides is 3. The largest absolute Gasteiger partial charge is 0.573 e. The summed E-state index contributed by atoms with van der Waals surface area (Å²) in [5.74, 6) is -0.199. The van der Waals surface area contributed by atoms with Gasteiger partial charge in [-0.15, -0.1) is 13.2 Å². The third-order valence-corrected chi connectivity index (χ3v) is 3.68. The fourth-order valence-electron chi connectivity index (χ4n) is 2.75. The smallest absolute Gasteiger partial charge is 0.406 e. The topological polar surface area (TPSA) is 64.4 Å². The van der Waals surface area contributed by atoms with Gasteiger partial charge < -0.3 is 15.8 Å². The maximum atomic E-state index is 12.2. The molecule has 0 spiro atoms. The number of anilines is 1. The zero-order chi connectivity index (χ0) is 15.7. The van der Waals surface area contributed by atoms with Gasteiger partial charge in [0.15, 0.2) is 0 Å². The van der Waals surface area contributed by atoms with Crippen LogP contribution in [0.5, 0.6) is 5.75 Å². The number of amides is 1. The second-order valence-corrected chi connectivity index (χ2v) is 5.53. The molecule has 0 bridgehead atoms. The number of halogens is 3. The minimum atomic E-state index is -4.76. The molecule has 0 saturated heterocycles. The Balaban J connectivity index is 2.06. The molecular weight excluding hydrogens is 285 g/mol. The van der Waals surface area contributed by atoms with Crippen molar-refractivity contribution in [2.45, 2.75) is 26.1 Å². The van der Waals surface area contributed by atoms with Gasteiger partial charge in [0.05, 0.1) is 5.41 Å². The molecule has 3 N–H and O–H groups in total. The lowest BCUT2D eigenvalue weighted by Gasteiger charge is -2.44. The first-order valence-electron chi connectivity index (χ1n) is 6.61. The minimum Gasteiger partial charge on any atom is -0.406 e. The van der Waals surface area contributed by atoms with Crippen LogP contribution in [0.4, 0.5) is 18.9 Å². The van der Waals surface area contributed by atoms with E-state index < -0.39 is 11.8 Å². The summed E-state index contributed by atoms with van der Waals surface area (Å²) in [7, 11) is 0. The van der Waals surface area contributed by atoms with Gasteiger partial charge >= 0.3 is 6.36 Å². The van der Waals surface area contributed by atoms with Gasteiger partial charge in [-0.2, -0.15) is 0 Å². The summed E-state index contributed by atoms with van der Waals surface area (Å²) < 4.78 is 40.3. The van der Waals surface area contributed by atoms with Crippen molar-refractivity contribution < 1.29 is 22.7 Å². The van der Waals surface area contributed by atoms with Gasteiger partial charge in [0.1, 0.15) is 5.75 Å². The van der Waals surface area contributed by atoms with Gasteiger partial charge in [0, 0.05) is 18.3 Å². The Labute approximate surface area is 120 Å². The molecular formula is C14H17F3N2O2. The molecule has 0 heterocycles. The highest BCUT2D eigenvalue weighted by Gasteiger charge is 2.47. The van der Waals surface area contributed by atoms with Crippen molar-refractivity contribution in [3.63, 3.8) is 0 Å². The van der Waals surface area contributed by atoms with Crippen LogP contribution in [0.25, 0.3) is 0 Å². The molecule has 21 heavy (non-hydrogen) atoms. The zero-order valence-corrected chi connectivity index (χ0v) is 11.5. The molecule has 1 amide bonds. The summed E-state index contributed by atoms with van der Waals surface area (Å²) >= 11 is 0. The Bertz CT molecular complexity index is 525. The van der Waals surface area contributed by atoms with Gasteiger partial charge in [-0.1, -0.05) is 13.0 Å². The van der Waals surface area contributed by atoms with Crippen molar-refractivity contribution in [1.29, 1.82) is 0 Å². The lowest BCUT2D eigenvalue weighted by atomic mass is 9.62. The van der Waals surface area contributed by atoms with E-state index in [9.17, 15) is 18.0 Å². The number of benzene rings is 1. The standard InChI is InChI=1S/C14H17F3N2O2/c1-9-6-13(7-9,8-18)12(20)19-10-3-2-4-11(5-10)21-14(15,16)17/h2-5,9H,6-8,18H2,1H3,(H,19,20). The number of hydrogen-bond donors (Lipinski definition) is 2. The van der Waals surface area contributed by atoms with Crippen LogP contribution < -0.4 is 15.8 Å². The molecule has 0 aliphatic heterocycles. The van der Waals surface area contributed by atoms with E-state index in [0.29, 0.717) is 18.8 Å².